The molecule has 16 heavy (non-hydrogen) atoms. The van der Waals surface area contributed by atoms with Crippen molar-refractivity contribution in [1.29, 1.82) is 0 Å². The second-order valence-electron chi connectivity index (χ2n) is 4.60. The number of thioether (sulfide) groups is 1. The largest absolute Gasteiger partial charge is 0.396 e. The van der Waals surface area contributed by atoms with Crippen LogP contribution in [0, 0.1) is 5.92 Å². The summed E-state index contributed by atoms with van der Waals surface area (Å²) >= 11 is 1.98. The van der Waals surface area contributed by atoms with Gasteiger partial charge in [-0.15, -0.1) is 0 Å². The molecule has 0 amide bonds. The van der Waals surface area contributed by atoms with Crippen molar-refractivity contribution in [3.05, 3.63) is 0 Å². The number of aliphatic hydroxyl groups is 1. The highest BCUT2D eigenvalue weighted by atomic mass is 32.2. The quantitative estimate of drug-likeness (QED) is 0.622. The molecule has 0 aliphatic heterocycles. The smallest absolute Gasteiger partial charge is 0.0441 e. The first kappa shape index (κ1) is 16.3. The van der Waals surface area contributed by atoms with Crippen LogP contribution in [0.25, 0.3) is 0 Å². The molecule has 0 fully saturated rings. The fourth-order valence-corrected chi connectivity index (χ4v) is 2.83. The van der Waals surface area contributed by atoms with E-state index in [-0.39, 0.29) is 0 Å². The van der Waals surface area contributed by atoms with Crippen LogP contribution < -0.4 is 5.32 Å². The van der Waals surface area contributed by atoms with Gasteiger partial charge >= 0.3 is 0 Å². The molecule has 98 valence electrons. The van der Waals surface area contributed by atoms with E-state index >= 15 is 0 Å². The summed E-state index contributed by atoms with van der Waals surface area (Å²) in [5.74, 6) is 1.90. The van der Waals surface area contributed by atoms with Gasteiger partial charge in [0.2, 0.25) is 0 Å². The van der Waals surface area contributed by atoms with E-state index < -0.39 is 0 Å². The Kier molecular flexibility index (Phi) is 10.6. The van der Waals surface area contributed by atoms with Crippen LogP contribution in [0.3, 0.4) is 0 Å². The van der Waals surface area contributed by atoms with Crippen LogP contribution in [-0.4, -0.2) is 35.3 Å². The maximum absolute atomic E-state index is 8.87. The summed E-state index contributed by atoms with van der Waals surface area (Å²) in [6.45, 7) is 10.4. The van der Waals surface area contributed by atoms with Crippen molar-refractivity contribution in [2.24, 2.45) is 5.92 Å². The molecule has 0 aromatic carbocycles. The second-order valence-corrected chi connectivity index (χ2v) is 6.07. The molecule has 0 aliphatic carbocycles. The van der Waals surface area contributed by atoms with Gasteiger partial charge in [-0.25, -0.2) is 0 Å². The van der Waals surface area contributed by atoms with E-state index in [2.05, 4.69) is 33.0 Å². The first-order valence-electron chi connectivity index (χ1n) is 6.61. The Morgan fingerprint density at radius 2 is 1.94 bits per heavy atom. The van der Waals surface area contributed by atoms with Crippen LogP contribution in [0.5, 0.6) is 0 Å². The first-order valence-corrected chi connectivity index (χ1v) is 7.66. The van der Waals surface area contributed by atoms with Gasteiger partial charge in [0.1, 0.15) is 0 Å². The molecule has 0 saturated heterocycles. The standard InChI is InChI=1S/C13H29NOS/c1-5-8-14-13(11(3)6-2)10-16-12(4)7-9-15/h11-15H,5-10H2,1-4H3. The van der Waals surface area contributed by atoms with Gasteiger partial charge in [0.25, 0.3) is 0 Å². The zero-order valence-corrected chi connectivity index (χ0v) is 12.1. The van der Waals surface area contributed by atoms with Crippen LogP contribution >= 0.6 is 11.8 Å². The fourth-order valence-electron chi connectivity index (χ4n) is 1.57. The Morgan fingerprint density at radius 1 is 1.25 bits per heavy atom. The molecule has 3 heteroatoms. The Bertz CT molecular complexity index is 155. The molecule has 0 spiro atoms. The molecule has 0 aliphatic rings. The third-order valence-corrected chi connectivity index (χ3v) is 4.44. The summed E-state index contributed by atoms with van der Waals surface area (Å²) < 4.78 is 0. The molecular formula is C13H29NOS. The molecule has 0 heterocycles. The van der Waals surface area contributed by atoms with E-state index in [1.54, 1.807) is 0 Å². The number of aliphatic hydroxyl groups excluding tert-OH is 1. The average Bonchev–Trinajstić information content (AvgIpc) is 2.28. The monoisotopic (exact) mass is 247 g/mol. The lowest BCUT2D eigenvalue weighted by atomic mass is 10.0. The highest BCUT2D eigenvalue weighted by Crippen LogP contribution is 2.19. The average molecular weight is 247 g/mol. The lowest BCUT2D eigenvalue weighted by Crippen LogP contribution is -2.37. The molecule has 3 unspecified atom stereocenters. The molecule has 3 atom stereocenters. The summed E-state index contributed by atoms with van der Waals surface area (Å²) in [6.07, 6.45) is 3.34. The maximum atomic E-state index is 8.87. The van der Waals surface area contributed by atoms with Crippen molar-refractivity contribution in [3.63, 3.8) is 0 Å². The van der Waals surface area contributed by atoms with Gasteiger partial charge in [0, 0.05) is 23.7 Å². The normalized spacial score (nSPS) is 17.1. The summed E-state index contributed by atoms with van der Waals surface area (Å²) in [5, 5.41) is 13.1. The van der Waals surface area contributed by atoms with E-state index in [1.165, 1.54) is 12.8 Å². The second kappa shape index (κ2) is 10.4. The summed E-state index contributed by atoms with van der Waals surface area (Å²) in [7, 11) is 0. The molecule has 2 N–H and O–H groups in total. The van der Waals surface area contributed by atoms with Crippen molar-refractivity contribution in [2.75, 3.05) is 18.9 Å². The topological polar surface area (TPSA) is 32.3 Å². The van der Waals surface area contributed by atoms with Crippen molar-refractivity contribution in [2.45, 2.75) is 58.2 Å². The van der Waals surface area contributed by atoms with Crippen molar-refractivity contribution < 1.29 is 5.11 Å². The van der Waals surface area contributed by atoms with E-state index in [0.29, 0.717) is 17.9 Å². The van der Waals surface area contributed by atoms with Gasteiger partial charge in [-0.2, -0.15) is 11.8 Å². The van der Waals surface area contributed by atoms with Crippen molar-refractivity contribution >= 4 is 11.8 Å². The first-order chi connectivity index (χ1) is 7.65. The predicted octanol–water partition coefficient (Wildman–Crippen LogP) is 2.90. The van der Waals surface area contributed by atoms with Crippen LogP contribution in [0.4, 0.5) is 0 Å². The van der Waals surface area contributed by atoms with Crippen LogP contribution in [0.2, 0.25) is 0 Å². The summed E-state index contributed by atoms with van der Waals surface area (Å²) in [6, 6.07) is 0.621. The fraction of sp³-hybridized carbons (Fsp3) is 1.00. The molecule has 0 aromatic rings. The van der Waals surface area contributed by atoms with Gasteiger partial charge < -0.3 is 10.4 Å². The van der Waals surface area contributed by atoms with Crippen molar-refractivity contribution in [1.82, 2.24) is 5.32 Å². The number of rotatable bonds is 10. The molecule has 0 bridgehead atoms. The molecular weight excluding hydrogens is 218 g/mol. The third kappa shape index (κ3) is 7.53. The highest BCUT2D eigenvalue weighted by molar-refractivity contribution is 7.99. The van der Waals surface area contributed by atoms with Gasteiger partial charge in [-0.3, -0.25) is 0 Å². The third-order valence-electron chi connectivity index (χ3n) is 3.08. The number of hydrogen-bond acceptors (Lipinski definition) is 3. The Morgan fingerprint density at radius 3 is 2.44 bits per heavy atom. The van der Waals surface area contributed by atoms with E-state index in [4.69, 9.17) is 5.11 Å². The SMILES string of the molecule is CCCNC(CSC(C)CCO)C(C)CC. The van der Waals surface area contributed by atoms with Gasteiger partial charge in [0.05, 0.1) is 0 Å². The molecule has 0 radical (unpaired) electrons. The zero-order chi connectivity index (χ0) is 12.4. The predicted molar refractivity (Wildman–Crippen MR) is 75.2 cm³/mol. The molecule has 2 nitrogen and oxygen atoms in total. The van der Waals surface area contributed by atoms with Gasteiger partial charge in [-0.1, -0.05) is 34.1 Å². The van der Waals surface area contributed by atoms with Crippen LogP contribution in [-0.2, 0) is 0 Å². The Hall–Kier alpha value is 0.270. The zero-order valence-electron chi connectivity index (χ0n) is 11.3. The summed E-state index contributed by atoms with van der Waals surface area (Å²) in [4.78, 5) is 0. The van der Waals surface area contributed by atoms with E-state index in [9.17, 15) is 0 Å². The molecule has 0 aromatic heterocycles. The Labute approximate surface area is 106 Å². The minimum absolute atomic E-state index is 0.310. The lowest BCUT2D eigenvalue weighted by Gasteiger charge is -2.25. The lowest BCUT2D eigenvalue weighted by molar-refractivity contribution is 0.288. The van der Waals surface area contributed by atoms with E-state index in [1.807, 2.05) is 11.8 Å². The van der Waals surface area contributed by atoms with Crippen LogP contribution in [0.15, 0.2) is 0 Å². The number of hydrogen-bond donors (Lipinski definition) is 2. The highest BCUT2D eigenvalue weighted by Gasteiger charge is 2.16. The maximum Gasteiger partial charge on any atom is 0.0441 e. The van der Waals surface area contributed by atoms with E-state index in [0.717, 1.165) is 24.6 Å². The number of nitrogens with one attached hydrogen (secondary N) is 1. The van der Waals surface area contributed by atoms with Gasteiger partial charge in [0.15, 0.2) is 0 Å². The Balaban J connectivity index is 3.90. The minimum atomic E-state index is 0.310. The van der Waals surface area contributed by atoms with Crippen molar-refractivity contribution in [3.8, 4) is 0 Å². The molecule has 0 saturated carbocycles. The molecule has 0 rings (SSSR count). The van der Waals surface area contributed by atoms with Gasteiger partial charge in [-0.05, 0) is 25.3 Å². The summed E-state index contributed by atoms with van der Waals surface area (Å²) in [5.41, 5.74) is 0. The minimum Gasteiger partial charge on any atom is -0.396 e. The van der Waals surface area contributed by atoms with Crippen LogP contribution in [0.1, 0.15) is 47.0 Å².